The number of carbonyl (C=O) groups excluding carboxylic acids is 1. The zero-order valence-electron chi connectivity index (χ0n) is 17.7. The van der Waals surface area contributed by atoms with Gasteiger partial charge in [-0.1, -0.05) is 20.8 Å². The van der Waals surface area contributed by atoms with Gasteiger partial charge in [0.25, 0.3) is 5.91 Å². The maximum atomic E-state index is 12.9. The van der Waals surface area contributed by atoms with Crippen molar-refractivity contribution in [1.82, 2.24) is 34.9 Å². The molecular formula is C20H28N8O. The van der Waals surface area contributed by atoms with Gasteiger partial charge in [0.2, 0.25) is 0 Å². The molecule has 3 aromatic rings. The van der Waals surface area contributed by atoms with Gasteiger partial charge in [0.05, 0.1) is 0 Å². The molecule has 0 radical (unpaired) electrons. The lowest BCUT2D eigenvalue weighted by Gasteiger charge is -2.30. The van der Waals surface area contributed by atoms with E-state index in [-0.39, 0.29) is 17.2 Å². The number of aromatic amines is 1. The fourth-order valence-corrected chi connectivity index (χ4v) is 3.61. The van der Waals surface area contributed by atoms with E-state index in [0.717, 1.165) is 35.8 Å². The van der Waals surface area contributed by atoms with E-state index in [0.29, 0.717) is 18.8 Å². The maximum absolute atomic E-state index is 12.9. The zero-order chi connectivity index (χ0) is 20.8. The second-order valence-corrected chi connectivity index (χ2v) is 8.90. The molecule has 154 valence electrons. The summed E-state index contributed by atoms with van der Waals surface area (Å²) in [5, 5.41) is 20.5. The highest BCUT2D eigenvalue weighted by atomic mass is 16.2. The van der Waals surface area contributed by atoms with Crippen molar-refractivity contribution in [2.75, 3.05) is 32.1 Å². The van der Waals surface area contributed by atoms with E-state index >= 15 is 0 Å². The number of anilines is 1. The minimum atomic E-state index is -0.0638. The molecule has 1 amide bonds. The van der Waals surface area contributed by atoms with E-state index in [2.05, 4.69) is 46.3 Å². The molecule has 0 atom stereocenters. The molecule has 0 spiro atoms. The van der Waals surface area contributed by atoms with Crippen molar-refractivity contribution in [1.29, 1.82) is 0 Å². The van der Waals surface area contributed by atoms with E-state index in [4.69, 9.17) is 0 Å². The average molecular weight is 396 g/mol. The van der Waals surface area contributed by atoms with Gasteiger partial charge in [0, 0.05) is 44.2 Å². The predicted octanol–water partition coefficient (Wildman–Crippen LogP) is 2.23. The molecule has 0 unspecified atom stereocenters. The topological polar surface area (TPSA) is 95.3 Å². The van der Waals surface area contributed by atoms with Gasteiger partial charge in [-0.2, -0.15) is 9.61 Å². The van der Waals surface area contributed by atoms with Crippen LogP contribution in [0.15, 0.2) is 18.2 Å². The molecule has 1 N–H and O–H groups in total. The predicted molar refractivity (Wildman–Crippen MR) is 110 cm³/mol. The van der Waals surface area contributed by atoms with E-state index in [1.54, 1.807) is 0 Å². The third-order valence-corrected chi connectivity index (χ3v) is 5.48. The van der Waals surface area contributed by atoms with E-state index in [1.165, 1.54) is 0 Å². The van der Waals surface area contributed by atoms with Gasteiger partial charge >= 0.3 is 0 Å². The smallest absolute Gasteiger partial charge is 0.274 e. The Hall–Kier alpha value is -2.97. The summed E-state index contributed by atoms with van der Waals surface area (Å²) in [7, 11) is 3.92. The molecule has 0 aromatic carbocycles. The minimum Gasteiger partial charge on any atom is -0.361 e. The lowest BCUT2D eigenvalue weighted by Crippen LogP contribution is -2.38. The number of hydrogen-bond donors (Lipinski definition) is 1. The molecule has 0 saturated carbocycles. The van der Waals surface area contributed by atoms with E-state index in [1.807, 2.05) is 46.6 Å². The van der Waals surface area contributed by atoms with Crippen molar-refractivity contribution in [3.05, 3.63) is 35.4 Å². The first-order valence-electron chi connectivity index (χ1n) is 9.99. The highest BCUT2D eigenvalue weighted by molar-refractivity contribution is 5.92. The first kappa shape index (κ1) is 19.4. The van der Waals surface area contributed by atoms with Crippen molar-refractivity contribution >= 4 is 17.4 Å². The summed E-state index contributed by atoms with van der Waals surface area (Å²) in [5.74, 6) is 1.93. The second-order valence-electron chi connectivity index (χ2n) is 8.90. The second kappa shape index (κ2) is 7.13. The number of rotatable bonds is 3. The highest BCUT2D eigenvalue weighted by Crippen LogP contribution is 2.28. The van der Waals surface area contributed by atoms with Gasteiger partial charge in [-0.3, -0.25) is 9.89 Å². The third-order valence-electron chi connectivity index (χ3n) is 5.48. The van der Waals surface area contributed by atoms with Crippen LogP contribution < -0.4 is 4.90 Å². The molecule has 29 heavy (non-hydrogen) atoms. The normalized spacial score (nSPS) is 15.8. The van der Waals surface area contributed by atoms with E-state index < -0.39 is 0 Å². The van der Waals surface area contributed by atoms with Crippen LogP contribution >= 0.6 is 0 Å². The molecule has 1 aliphatic heterocycles. The minimum absolute atomic E-state index is 0.0191. The quantitative estimate of drug-likeness (QED) is 0.729. The Kier molecular flexibility index (Phi) is 4.76. The summed E-state index contributed by atoms with van der Waals surface area (Å²) in [5.41, 5.74) is 2.13. The number of amides is 1. The van der Waals surface area contributed by atoms with Crippen LogP contribution in [0.4, 0.5) is 5.82 Å². The van der Waals surface area contributed by atoms with Crippen LogP contribution in [0.5, 0.6) is 0 Å². The lowest BCUT2D eigenvalue weighted by molar-refractivity contribution is 0.0704. The first-order valence-corrected chi connectivity index (χ1v) is 9.99. The molecular weight excluding hydrogens is 368 g/mol. The number of aromatic nitrogens is 6. The van der Waals surface area contributed by atoms with Crippen LogP contribution in [0.1, 0.15) is 61.5 Å². The molecule has 9 heteroatoms. The van der Waals surface area contributed by atoms with Gasteiger partial charge in [0.1, 0.15) is 11.5 Å². The monoisotopic (exact) mass is 396 g/mol. The number of hydrogen-bond acceptors (Lipinski definition) is 6. The van der Waals surface area contributed by atoms with E-state index in [9.17, 15) is 4.79 Å². The molecule has 1 aliphatic rings. The highest BCUT2D eigenvalue weighted by Gasteiger charge is 2.29. The molecule has 4 rings (SSSR count). The van der Waals surface area contributed by atoms with Crippen molar-refractivity contribution in [3.8, 4) is 0 Å². The van der Waals surface area contributed by atoms with Gasteiger partial charge < -0.3 is 9.80 Å². The van der Waals surface area contributed by atoms with Crippen molar-refractivity contribution in [2.24, 2.45) is 0 Å². The van der Waals surface area contributed by atoms with Crippen molar-refractivity contribution < 1.29 is 4.79 Å². The number of H-pyrrole nitrogens is 1. The number of piperidine rings is 1. The first-order chi connectivity index (χ1) is 13.7. The summed E-state index contributed by atoms with van der Waals surface area (Å²) in [6.45, 7) is 7.63. The van der Waals surface area contributed by atoms with Crippen LogP contribution in [0.25, 0.3) is 5.65 Å². The number of fused-ring (bicyclic) bond motifs is 1. The Labute approximate surface area is 170 Å². The fraction of sp³-hybridized carbons (Fsp3) is 0.550. The fourth-order valence-electron chi connectivity index (χ4n) is 3.61. The largest absolute Gasteiger partial charge is 0.361 e. The molecule has 3 aromatic heterocycles. The van der Waals surface area contributed by atoms with Crippen LogP contribution in [0.3, 0.4) is 0 Å². The average Bonchev–Trinajstić information content (AvgIpc) is 3.34. The molecule has 1 saturated heterocycles. The standard InChI is InChI=1S/C20H28N8O/c1-20(2,3)15-12-14(21-22-15)19(29)27-10-8-13(9-11-27)18-24-23-16-6-7-17(26(4)5)25-28(16)18/h6-7,12-13H,8-11H2,1-5H3,(H,21,22). The Morgan fingerprint density at radius 2 is 1.90 bits per heavy atom. The van der Waals surface area contributed by atoms with Crippen LogP contribution in [0, 0.1) is 0 Å². The Balaban J connectivity index is 1.47. The SMILES string of the molecule is CN(C)c1ccc2nnc(C3CCN(C(=O)c4cc(C(C)(C)C)[nH]n4)CC3)n2n1. The molecule has 0 bridgehead atoms. The molecule has 0 aliphatic carbocycles. The maximum Gasteiger partial charge on any atom is 0.274 e. The summed E-state index contributed by atoms with van der Waals surface area (Å²) in [6, 6.07) is 5.74. The van der Waals surface area contributed by atoms with Gasteiger partial charge in [-0.15, -0.1) is 15.3 Å². The number of carbonyl (C=O) groups is 1. The number of nitrogens with zero attached hydrogens (tertiary/aromatic N) is 7. The van der Waals surface area contributed by atoms with Crippen molar-refractivity contribution in [2.45, 2.75) is 44.9 Å². The summed E-state index contributed by atoms with van der Waals surface area (Å²) >= 11 is 0. The van der Waals surface area contributed by atoms with Gasteiger partial charge in [0.15, 0.2) is 11.5 Å². The number of nitrogens with one attached hydrogen (secondary N) is 1. The van der Waals surface area contributed by atoms with Crippen LogP contribution in [-0.4, -0.2) is 68.0 Å². The summed E-state index contributed by atoms with van der Waals surface area (Å²) in [4.78, 5) is 16.7. The van der Waals surface area contributed by atoms with Crippen molar-refractivity contribution in [3.63, 3.8) is 0 Å². The summed E-state index contributed by atoms with van der Waals surface area (Å²) < 4.78 is 1.83. The van der Waals surface area contributed by atoms with Crippen LogP contribution in [-0.2, 0) is 5.41 Å². The Morgan fingerprint density at radius 1 is 1.17 bits per heavy atom. The van der Waals surface area contributed by atoms with Gasteiger partial charge in [-0.05, 0) is 31.0 Å². The Morgan fingerprint density at radius 3 is 2.52 bits per heavy atom. The Bertz CT molecular complexity index is 1020. The lowest BCUT2D eigenvalue weighted by atomic mass is 9.92. The summed E-state index contributed by atoms with van der Waals surface area (Å²) in [6.07, 6.45) is 1.66. The number of likely N-dealkylation sites (tertiary alicyclic amines) is 1. The van der Waals surface area contributed by atoms with Gasteiger partial charge in [-0.25, -0.2) is 0 Å². The zero-order valence-corrected chi connectivity index (χ0v) is 17.7. The molecule has 1 fully saturated rings. The molecule has 9 nitrogen and oxygen atoms in total. The van der Waals surface area contributed by atoms with Crippen LogP contribution in [0.2, 0.25) is 0 Å². The molecule has 4 heterocycles. The third kappa shape index (κ3) is 3.68.